The van der Waals surface area contributed by atoms with Crippen LogP contribution in [0, 0.1) is 5.92 Å². The van der Waals surface area contributed by atoms with Crippen molar-refractivity contribution in [3.05, 3.63) is 12.4 Å². The number of carbonyl (C=O) groups excluding carboxylic acids is 1. The third kappa shape index (κ3) is 2.70. The lowest BCUT2D eigenvalue weighted by molar-refractivity contribution is -0.120. The first-order valence-electron chi connectivity index (χ1n) is 7.99. The highest BCUT2D eigenvalue weighted by Gasteiger charge is 2.42. The molecule has 3 fully saturated rings. The van der Waals surface area contributed by atoms with Gasteiger partial charge in [0, 0.05) is 24.9 Å². The number of aromatic nitrogens is 2. The summed E-state index contributed by atoms with van der Waals surface area (Å²) < 4.78 is 7.47. The minimum absolute atomic E-state index is 0.116. The lowest BCUT2D eigenvalue weighted by Gasteiger charge is -2.18. The summed E-state index contributed by atoms with van der Waals surface area (Å²) in [5.74, 6) is 0.247. The second-order valence-corrected chi connectivity index (χ2v) is 6.46. The number of nitrogens with one attached hydrogen (secondary N) is 2. The highest BCUT2D eigenvalue weighted by atomic mass is 16.5. The largest absolute Gasteiger partial charge is 0.376 e. The summed E-state index contributed by atoms with van der Waals surface area (Å²) in [6, 6.07) is 0.921. The smallest absolute Gasteiger partial charge is 0.229 e. The van der Waals surface area contributed by atoms with Crippen molar-refractivity contribution >= 4 is 11.6 Å². The molecule has 3 aliphatic heterocycles. The van der Waals surface area contributed by atoms with Crippen molar-refractivity contribution in [2.24, 2.45) is 5.92 Å². The van der Waals surface area contributed by atoms with Crippen LogP contribution >= 0.6 is 0 Å². The number of anilines is 1. The minimum Gasteiger partial charge on any atom is -0.376 e. The predicted octanol–water partition coefficient (Wildman–Crippen LogP) is 1.14. The van der Waals surface area contributed by atoms with Crippen molar-refractivity contribution in [2.45, 2.75) is 56.8 Å². The van der Waals surface area contributed by atoms with Crippen LogP contribution in [0.2, 0.25) is 0 Å². The molecule has 2 N–H and O–H groups in total. The zero-order chi connectivity index (χ0) is 14.2. The molecule has 0 aliphatic carbocycles. The van der Waals surface area contributed by atoms with Crippen LogP contribution in [0.3, 0.4) is 0 Å². The van der Waals surface area contributed by atoms with Crippen molar-refractivity contribution in [3.8, 4) is 0 Å². The molecule has 1 aromatic rings. The Morgan fingerprint density at radius 2 is 2.43 bits per heavy atom. The number of hydrogen-bond acceptors (Lipinski definition) is 4. The summed E-state index contributed by atoms with van der Waals surface area (Å²) >= 11 is 0. The lowest BCUT2D eigenvalue weighted by Crippen LogP contribution is -2.32. The van der Waals surface area contributed by atoms with E-state index in [2.05, 4.69) is 15.7 Å². The molecular formula is C15H22N4O2. The van der Waals surface area contributed by atoms with Crippen molar-refractivity contribution in [1.29, 1.82) is 0 Å². The van der Waals surface area contributed by atoms with Gasteiger partial charge in [-0.2, -0.15) is 5.10 Å². The van der Waals surface area contributed by atoms with Gasteiger partial charge in [0.05, 0.1) is 30.5 Å². The molecule has 0 radical (unpaired) electrons. The monoisotopic (exact) mass is 290 g/mol. The first kappa shape index (κ1) is 13.3. The molecule has 4 rings (SSSR count). The molecule has 1 aromatic heterocycles. The van der Waals surface area contributed by atoms with Crippen molar-refractivity contribution < 1.29 is 9.53 Å². The molecule has 0 saturated carbocycles. The van der Waals surface area contributed by atoms with Crippen LogP contribution in [0.25, 0.3) is 0 Å². The van der Waals surface area contributed by atoms with Gasteiger partial charge in [0.15, 0.2) is 0 Å². The number of fused-ring (bicyclic) bond motifs is 2. The normalized spacial score (nSPS) is 34.5. The number of carbonyl (C=O) groups is 1. The van der Waals surface area contributed by atoms with Gasteiger partial charge in [0.25, 0.3) is 0 Å². The van der Waals surface area contributed by atoms with Crippen molar-refractivity contribution in [1.82, 2.24) is 15.1 Å². The minimum atomic E-state index is 0.116. The zero-order valence-electron chi connectivity index (χ0n) is 12.1. The van der Waals surface area contributed by atoms with Gasteiger partial charge in [-0.25, -0.2) is 0 Å². The molecule has 4 atom stereocenters. The Balaban J connectivity index is 1.34. The summed E-state index contributed by atoms with van der Waals surface area (Å²) in [6.07, 6.45) is 9.44. The Kier molecular flexibility index (Phi) is 3.43. The quantitative estimate of drug-likeness (QED) is 0.872. The van der Waals surface area contributed by atoms with Gasteiger partial charge in [-0.05, 0) is 32.1 Å². The van der Waals surface area contributed by atoms with Gasteiger partial charge in [-0.1, -0.05) is 0 Å². The van der Waals surface area contributed by atoms with Crippen LogP contribution in [0.1, 0.15) is 32.1 Å². The fourth-order valence-electron chi connectivity index (χ4n) is 3.87. The second kappa shape index (κ2) is 5.42. The van der Waals surface area contributed by atoms with Gasteiger partial charge >= 0.3 is 0 Å². The molecule has 3 aliphatic rings. The van der Waals surface area contributed by atoms with Gasteiger partial charge in [0.1, 0.15) is 0 Å². The molecule has 114 valence electrons. The van der Waals surface area contributed by atoms with Gasteiger partial charge in [0.2, 0.25) is 5.91 Å². The number of rotatable bonds is 4. The molecular weight excluding hydrogens is 268 g/mol. The lowest BCUT2D eigenvalue weighted by atomic mass is 9.88. The summed E-state index contributed by atoms with van der Waals surface area (Å²) in [4.78, 5) is 12.3. The van der Waals surface area contributed by atoms with E-state index in [0.717, 1.165) is 44.5 Å². The average Bonchev–Trinajstić information content (AvgIpc) is 3.23. The van der Waals surface area contributed by atoms with E-state index in [4.69, 9.17) is 4.74 Å². The standard InChI is InChI=1S/C15H22N4O2/c20-15(13-6-10-3-4-14(13)17-10)18-11-7-16-19(8-11)9-12-2-1-5-21-12/h7-8,10,12-14,17H,1-6,9H2,(H,18,20). The molecule has 4 heterocycles. The number of ether oxygens (including phenoxy) is 1. The Labute approximate surface area is 124 Å². The number of hydrogen-bond donors (Lipinski definition) is 2. The van der Waals surface area contributed by atoms with E-state index in [0.29, 0.717) is 12.1 Å². The summed E-state index contributed by atoms with van der Waals surface area (Å²) in [5.41, 5.74) is 0.792. The zero-order valence-corrected chi connectivity index (χ0v) is 12.1. The van der Waals surface area contributed by atoms with E-state index < -0.39 is 0 Å². The third-order valence-electron chi connectivity index (χ3n) is 4.95. The van der Waals surface area contributed by atoms with E-state index in [1.165, 1.54) is 6.42 Å². The Morgan fingerprint density at radius 1 is 1.48 bits per heavy atom. The Morgan fingerprint density at radius 3 is 3.14 bits per heavy atom. The molecule has 21 heavy (non-hydrogen) atoms. The predicted molar refractivity (Wildman–Crippen MR) is 77.9 cm³/mol. The summed E-state index contributed by atoms with van der Waals surface area (Å²) in [5, 5.41) is 10.8. The first-order chi connectivity index (χ1) is 10.3. The number of nitrogens with zero attached hydrogens (tertiary/aromatic N) is 2. The molecule has 1 amide bonds. The maximum Gasteiger partial charge on any atom is 0.229 e. The molecule has 0 spiro atoms. The van der Waals surface area contributed by atoms with Crippen LogP contribution < -0.4 is 10.6 Å². The highest BCUT2D eigenvalue weighted by Crippen LogP contribution is 2.33. The van der Waals surface area contributed by atoms with E-state index >= 15 is 0 Å². The molecule has 6 heteroatoms. The third-order valence-corrected chi connectivity index (χ3v) is 4.95. The Hall–Kier alpha value is -1.40. The topological polar surface area (TPSA) is 68.2 Å². The van der Waals surface area contributed by atoms with Crippen LogP contribution in [-0.2, 0) is 16.1 Å². The summed E-state index contributed by atoms with van der Waals surface area (Å²) in [6.45, 7) is 1.62. The molecule has 4 unspecified atom stereocenters. The molecule has 3 saturated heterocycles. The molecule has 2 bridgehead atoms. The van der Waals surface area contributed by atoms with Gasteiger partial charge in [-0.3, -0.25) is 9.48 Å². The van der Waals surface area contributed by atoms with Crippen molar-refractivity contribution in [2.75, 3.05) is 11.9 Å². The van der Waals surface area contributed by atoms with Gasteiger partial charge < -0.3 is 15.4 Å². The molecule has 6 nitrogen and oxygen atoms in total. The SMILES string of the molecule is O=C(Nc1cnn(CC2CCCO2)c1)C1CC2CCC1N2. The fraction of sp³-hybridized carbons (Fsp3) is 0.733. The van der Waals surface area contributed by atoms with Crippen molar-refractivity contribution in [3.63, 3.8) is 0 Å². The second-order valence-electron chi connectivity index (χ2n) is 6.46. The average molecular weight is 290 g/mol. The van der Waals surface area contributed by atoms with Gasteiger partial charge in [-0.15, -0.1) is 0 Å². The first-order valence-corrected chi connectivity index (χ1v) is 7.99. The highest BCUT2D eigenvalue weighted by molar-refractivity contribution is 5.93. The van der Waals surface area contributed by atoms with E-state index in [1.807, 2.05) is 10.9 Å². The number of amides is 1. The van der Waals surface area contributed by atoms with E-state index in [1.54, 1.807) is 6.20 Å². The maximum atomic E-state index is 12.3. The fourth-order valence-corrected chi connectivity index (χ4v) is 3.87. The van der Waals surface area contributed by atoms with Crippen LogP contribution in [-0.4, -0.2) is 40.5 Å². The van der Waals surface area contributed by atoms with E-state index in [9.17, 15) is 4.79 Å². The molecule has 0 aromatic carbocycles. The van der Waals surface area contributed by atoms with E-state index in [-0.39, 0.29) is 17.9 Å². The summed E-state index contributed by atoms with van der Waals surface area (Å²) in [7, 11) is 0. The van der Waals surface area contributed by atoms with Crippen LogP contribution in [0.15, 0.2) is 12.4 Å². The Bertz CT molecular complexity index is 523. The van der Waals surface area contributed by atoms with Crippen LogP contribution in [0.4, 0.5) is 5.69 Å². The maximum absolute atomic E-state index is 12.3. The van der Waals surface area contributed by atoms with Crippen LogP contribution in [0.5, 0.6) is 0 Å².